The summed E-state index contributed by atoms with van der Waals surface area (Å²) >= 11 is 0. The second kappa shape index (κ2) is 10.4. The van der Waals surface area contributed by atoms with Crippen molar-refractivity contribution in [3.05, 3.63) is 151 Å². The van der Waals surface area contributed by atoms with E-state index in [1.807, 2.05) is 6.07 Å². The lowest BCUT2D eigenvalue weighted by Crippen LogP contribution is -2.03. The van der Waals surface area contributed by atoms with E-state index in [9.17, 15) is 0 Å². The van der Waals surface area contributed by atoms with Crippen LogP contribution in [0.2, 0.25) is 0 Å². The molecule has 0 aliphatic rings. The third-order valence-corrected chi connectivity index (χ3v) is 8.36. The van der Waals surface area contributed by atoms with Crippen molar-refractivity contribution in [1.29, 1.82) is 0 Å². The molecule has 8 aromatic rings. The van der Waals surface area contributed by atoms with E-state index in [0.29, 0.717) is 0 Å². The van der Waals surface area contributed by atoms with E-state index in [1.54, 1.807) is 0 Å². The van der Waals surface area contributed by atoms with E-state index in [-0.39, 0.29) is 0 Å². The molecule has 2 aromatic heterocycles. The van der Waals surface area contributed by atoms with Crippen LogP contribution in [-0.2, 0) is 6.42 Å². The fraction of sp³-hybridized carbons (Fsp3) is 0.0500. The first-order valence-corrected chi connectivity index (χ1v) is 14.8. The van der Waals surface area contributed by atoms with Crippen LogP contribution in [-0.4, -0.2) is 14.5 Å². The molecule has 0 fully saturated rings. The average Bonchev–Trinajstić information content (AvgIpc) is 3.46. The van der Waals surface area contributed by atoms with Gasteiger partial charge in [-0.15, -0.1) is 0 Å². The van der Waals surface area contributed by atoms with Crippen molar-refractivity contribution in [3.8, 4) is 39.3 Å². The molecule has 6 aromatic carbocycles. The smallest absolute Gasteiger partial charge is 0.139 e. The van der Waals surface area contributed by atoms with Crippen LogP contribution in [0.3, 0.4) is 0 Å². The van der Waals surface area contributed by atoms with Gasteiger partial charge in [-0.25, -0.2) is 9.97 Å². The Hall–Kier alpha value is -5.54. The summed E-state index contributed by atoms with van der Waals surface area (Å²) in [5, 5.41) is 4.82. The molecule has 43 heavy (non-hydrogen) atoms. The Kier molecular flexibility index (Phi) is 6.08. The van der Waals surface area contributed by atoms with Crippen LogP contribution in [0.15, 0.2) is 146 Å². The standard InChI is InChI=1S/C40H29N3/c1-2-37-41-34-20-11-12-22-36(34)43(37)38-23-13-21-35(42-38)40-31-19-10-9-18-30(31)39(28-16-7-4-8-17-28)33-26-29(24-25-32(33)40)27-14-5-3-6-15-27/h3-26H,2H2,1H3. The zero-order valence-corrected chi connectivity index (χ0v) is 23.9. The highest BCUT2D eigenvalue weighted by molar-refractivity contribution is 6.21. The van der Waals surface area contributed by atoms with Crippen molar-refractivity contribution in [1.82, 2.24) is 14.5 Å². The molecule has 8 rings (SSSR count). The monoisotopic (exact) mass is 551 g/mol. The van der Waals surface area contributed by atoms with Crippen molar-refractivity contribution in [2.75, 3.05) is 0 Å². The highest BCUT2D eigenvalue weighted by Crippen LogP contribution is 2.44. The fourth-order valence-electron chi connectivity index (χ4n) is 6.44. The molecule has 0 N–H and O–H groups in total. The van der Waals surface area contributed by atoms with Crippen molar-refractivity contribution in [3.63, 3.8) is 0 Å². The molecule has 0 saturated carbocycles. The highest BCUT2D eigenvalue weighted by atomic mass is 15.1. The van der Waals surface area contributed by atoms with Gasteiger partial charge in [0.2, 0.25) is 0 Å². The molecular weight excluding hydrogens is 522 g/mol. The van der Waals surface area contributed by atoms with Gasteiger partial charge in [-0.2, -0.15) is 0 Å². The summed E-state index contributed by atoms with van der Waals surface area (Å²) in [7, 11) is 0. The minimum atomic E-state index is 0.820. The van der Waals surface area contributed by atoms with E-state index in [2.05, 4.69) is 151 Å². The maximum Gasteiger partial charge on any atom is 0.139 e. The van der Waals surface area contributed by atoms with Gasteiger partial charge in [-0.1, -0.05) is 122 Å². The summed E-state index contributed by atoms with van der Waals surface area (Å²) in [6, 6.07) is 51.7. The Balaban J connectivity index is 1.45. The van der Waals surface area contributed by atoms with Gasteiger partial charge in [0.1, 0.15) is 11.6 Å². The van der Waals surface area contributed by atoms with E-state index < -0.39 is 0 Å². The minimum absolute atomic E-state index is 0.820. The number of para-hydroxylation sites is 2. The Morgan fingerprint density at radius 1 is 0.488 bits per heavy atom. The van der Waals surface area contributed by atoms with Gasteiger partial charge in [-0.3, -0.25) is 4.57 Å². The van der Waals surface area contributed by atoms with Crippen LogP contribution in [0, 0.1) is 0 Å². The van der Waals surface area contributed by atoms with Crippen LogP contribution >= 0.6 is 0 Å². The van der Waals surface area contributed by atoms with Gasteiger partial charge in [0, 0.05) is 12.0 Å². The molecule has 0 unspecified atom stereocenters. The van der Waals surface area contributed by atoms with Gasteiger partial charge >= 0.3 is 0 Å². The van der Waals surface area contributed by atoms with Gasteiger partial charge in [0.05, 0.1) is 16.7 Å². The zero-order chi connectivity index (χ0) is 28.8. The molecule has 0 aliphatic heterocycles. The third-order valence-electron chi connectivity index (χ3n) is 8.36. The first kappa shape index (κ1) is 25.2. The summed E-state index contributed by atoms with van der Waals surface area (Å²) < 4.78 is 2.20. The molecule has 0 spiro atoms. The molecule has 0 radical (unpaired) electrons. The average molecular weight is 552 g/mol. The van der Waals surface area contributed by atoms with Crippen molar-refractivity contribution in [2.45, 2.75) is 13.3 Å². The van der Waals surface area contributed by atoms with Crippen LogP contribution < -0.4 is 0 Å². The lowest BCUT2D eigenvalue weighted by molar-refractivity contribution is 0.886. The maximum atomic E-state index is 5.35. The molecular formula is C40H29N3. The zero-order valence-electron chi connectivity index (χ0n) is 23.9. The number of pyridine rings is 1. The molecule has 0 amide bonds. The van der Waals surface area contributed by atoms with Crippen molar-refractivity contribution < 1.29 is 0 Å². The van der Waals surface area contributed by atoms with Crippen LogP contribution in [0.25, 0.3) is 71.9 Å². The summed E-state index contributed by atoms with van der Waals surface area (Å²) in [5.74, 6) is 1.89. The SMILES string of the molecule is CCc1nc2ccccc2n1-c1cccc(-c2c3ccccc3c(-c3ccccc3)c3cc(-c4ccccc4)ccc23)n1. The normalized spacial score (nSPS) is 11.5. The molecule has 0 saturated heterocycles. The number of aryl methyl sites for hydroxylation is 1. The van der Waals surface area contributed by atoms with Gasteiger partial charge in [-0.05, 0) is 74.1 Å². The predicted octanol–water partition coefficient (Wildman–Crippen LogP) is 10.3. The lowest BCUT2D eigenvalue weighted by Gasteiger charge is -2.19. The summed E-state index contributed by atoms with van der Waals surface area (Å²) in [4.78, 5) is 10.3. The van der Waals surface area contributed by atoms with E-state index in [0.717, 1.165) is 40.4 Å². The van der Waals surface area contributed by atoms with E-state index in [1.165, 1.54) is 43.8 Å². The molecule has 0 atom stereocenters. The Morgan fingerprint density at radius 2 is 1.14 bits per heavy atom. The molecule has 3 nitrogen and oxygen atoms in total. The number of benzene rings is 6. The Bertz CT molecular complexity index is 2260. The molecule has 0 aliphatic carbocycles. The summed E-state index contributed by atoms with van der Waals surface area (Å²) in [5.41, 5.74) is 9.02. The number of imidazole rings is 1. The number of aromatic nitrogens is 3. The van der Waals surface area contributed by atoms with Crippen molar-refractivity contribution in [2.24, 2.45) is 0 Å². The minimum Gasteiger partial charge on any atom is -0.280 e. The number of hydrogen-bond acceptors (Lipinski definition) is 2. The molecule has 0 bridgehead atoms. The largest absolute Gasteiger partial charge is 0.280 e. The first-order valence-electron chi connectivity index (χ1n) is 14.8. The lowest BCUT2D eigenvalue weighted by atomic mass is 9.86. The Morgan fingerprint density at radius 3 is 1.91 bits per heavy atom. The molecule has 3 heteroatoms. The topological polar surface area (TPSA) is 30.7 Å². The Labute approximate surface area is 250 Å². The first-order chi connectivity index (χ1) is 21.3. The quantitative estimate of drug-likeness (QED) is 0.199. The second-order valence-electron chi connectivity index (χ2n) is 10.9. The highest BCUT2D eigenvalue weighted by Gasteiger charge is 2.19. The van der Waals surface area contributed by atoms with Crippen LogP contribution in [0.1, 0.15) is 12.7 Å². The van der Waals surface area contributed by atoms with Crippen molar-refractivity contribution >= 4 is 32.6 Å². The third kappa shape index (κ3) is 4.21. The summed E-state index contributed by atoms with van der Waals surface area (Å²) in [6.45, 7) is 2.15. The molecule has 2 heterocycles. The van der Waals surface area contributed by atoms with Crippen LogP contribution in [0.5, 0.6) is 0 Å². The summed E-state index contributed by atoms with van der Waals surface area (Å²) in [6.07, 6.45) is 0.820. The van der Waals surface area contributed by atoms with E-state index >= 15 is 0 Å². The maximum absolute atomic E-state index is 5.35. The number of fused-ring (bicyclic) bond motifs is 3. The second-order valence-corrected chi connectivity index (χ2v) is 10.9. The molecule has 204 valence electrons. The van der Waals surface area contributed by atoms with Gasteiger partial charge in [0.15, 0.2) is 0 Å². The number of rotatable bonds is 5. The fourth-order valence-corrected chi connectivity index (χ4v) is 6.44. The number of nitrogens with zero attached hydrogens (tertiary/aromatic N) is 3. The van der Waals surface area contributed by atoms with E-state index in [4.69, 9.17) is 9.97 Å². The van der Waals surface area contributed by atoms with Gasteiger partial charge in [0.25, 0.3) is 0 Å². The predicted molar refractivity (Wildman–Crippen MR) is 180 cm³/mol. The van der Waals surface area contributed by atoms with Crippen LogP contribution in [0.4, 0.5) is 0 Å². The van der Waals surface area contributed by atoms with Gasteiger partial charge < -0.3 is 0 Å². The number of hydrogen-bond donors (Lipinski definition) is 0.